The second-order valence-electron chi connectivity index (χ2n) is 9.39. The van der Waals surface area contributed by atoms with Crippen LogP contribution >= 0.6 is 9.24 Å². The summed E-state index contributed by atoms with van der Waals surface area (Å²) in [6.07, 6.45) is 18.4. The van der Waals surface area contributed by atoms with Crippen molar-refractivity contribution in [1.82, 2.24) is 0 Å². The zero-order chi connectivity index (χ0) is 15.5. The van der Waals surface area contributed by atoms with Crippen molar-refractivity contribution in [3.63, 3.8) is 0 Å². The van der Waals surface area contributed by atoms with Crippen LogP contribution in [0.4, 0.5) is 0 Å². The molecule has 0 aromatic carbocycles. The van der Waals surface area contributed by atoms with Gasteiger partial charge < -0.3 is 0 Å². The molecule has 128 valence electrons. The SMILES string of the molecule is CC1CCC(CC2CCC(C3CCC(C)CC3P)CC2)CC1. The van der Waals surface area contributed by atoms with Gasteiger partial charge in [-0.1, -0.05) is 58.8 Å². The standard InChI is InChI=1S/C21H39P/c1-15-3-6-17(7-4-15)14-18-8-10-19(11-9-18)20-12-5-16(2)13-21(20)22/h15-21H,3-14,22H2,1-2H3. The minimum absolute atomic E-state index is 0.921. The van der Waals surface area contributed by atoms with E-state index in [-0.39, 0.29) is 0 Å². The number of rotatable bonds is 3. The van der Waals surface area contributed by atoms with E-state index in [2.05, 4.69) is 23.1 Å². The van der Waals surface area contributed by atoms with Crippen molar-refractivity contribution in [2.24, 2.45) is 35.5 Å². The highest BCUT2D eigenvalue weighted by atomic mass is 31.0. The van der Waals surface area contributed by atoms with Crippen molar-refractivity contribution in [2.45, 2.75) is 96.6 Å². The summed E-state index contributed by atoms with van der Waals surface area (Å²) in [4.78, 5) is 0. The molecule has 0 amide bonds. The van der Waals surface area contributed by atoms with Crippen molar-refractivity contribution >= 4 is 9.24 Å². The Balaban J connectivity index is 1.40. The summed E-state index contributed by atoms with van der Waals surface area (Å²) in [6, 6.07) is 0. The minimum Gasteiger partial charge on any atom is -0.134 e. The van der Waals surface area contributed by atoms with Crippen LogP contribution in [0, 0.1) is 35.5 Å². The summed E-state index contributed by atoms with van der Waals surface area (Å²) in [7, 11) is 3.21. The van der Waals surface area contributed by atoms with Gasteiger partial charge in [0.1, 0.15) is 0 Å². The predicted molar refractivity (Wildman–Crippen MR) is 101 cm³/mol. The van der Waals surface area contributed by atoms with Gasteiger partial charge in [0, 0.05) is 0 Å². The molecule has 22 heavy (non-hydrogen) atoms. The molecule has 0 saturated heterocycles. The third kappa shape index (κ3) is 4.49. The van der Waals surface area contributed by atoms with Gasteiger partial charge in [0.15, 0.2) is 0 Å². The molecule has 3 aliphatic rings. The molecule has 0 spiro atoms. The lowest BCUT2D eigenvalue weighted by Crippen LogP contribution is -2.32. The van der Waals surface area contributed by atoms with Gasteiger partial charge in [0.25, 0.3) is 0 Å². The maximum Gasteiger partial charge on any atom is -0.0231 e. The van der Waals surface area contributed by atoms with Crippen LogP contribution in [0.1, 0.15) is 90.9 Å². The Bertz CT molecular complexity index is 323. The quantitative estimate of drug-likeness (QED) is 0.508. The molecule has 0 radical (unpaired) electrons. The first-order valence-electron chi connectivity index (χ1n) is 10.4. The molecule has 3 rings (SSSR count). The molecule has 0 aromatic heterocycles. The normalized spacial score (nSPS) is 47.3. The monoisotopic (exact) mass is 322 g/mol. The largest absolute Gasteiger partial charge is 0.134 e. The molecular formula is C21H39P. The summed E-state index contributed by atoms with van der Waals surface area (Å²) in [6.45, 7) is 4.90. The van der Waals surface area contributed by atoms with Crippen LogP contribution in [-0.2, 0) is 0 Å². The maximum atomic E-state index is 3.21. The van der Waals surface area contributed by atoms with E-state index in [1.54, 1.807) is 32.1 Å². The van der Waals surface area contributed by atoms with Crippen LogP contribution in [0.5, 0.6) is 0 Å². The predicted octanol–water partition coefficient (Wildman–Crippen LogP) is 6.69. The zero-order valence-corrected chi connectivity index (χ0v) is 16.3. The Morgan fingerprint density at radius 1 is 0.682 bits per heavy atom. The molecule has 3 aliphatic carbocycles. The number of hydrogen-bond donors (Lipinski definition) is 0. The number of hydrogen-bond acceptors (Lipinski definition) is 0. The van der Waals surface area contributed by atoms with Crippen LogP contribution in [-0.4, -0.2) is 5.66 Å². The Hall–Kier alpha value is 0.430. The van der Waals surface area contributed by atoms with E-state index in [4.69, 9.17) is 0 Å². The van der Waals surface area contributed by atoms with E-state index >= 15 is 0 Å². The summed E-state index contributed by atoms with van der Waals surface area (Å²) >= 11 is 0. The van der Waals surface area contributed by atoms with Crippen LogP contribution < -0.4 is 0 Å². The summed E-state index contributed by atoms with van der Waals surface area (Å²) < 4.78 is 0. The molecule has 3 saturated carbocycles. The summed E-state index contributed by atoms with van der Waals surface area (Å²) in [5.41, 5.74) is 0.921. The maximum absolute atomic E-state index is 3.21. The Morgan fingerprint density at radius 3 is 1.82 bits per heavy atom. The highest BCUT2D eigenvalue weighted by Crippen LogP contribution is 2.45. The zero-order valence-electron chi connectivity index (χ0n) is 15.1. The molecule has 4 unspecified atom stereocenters. The van der Waals surface area contributed by atoms with E-state index in [1.807, 2.05) is 0 Å². The highest BCUT2D eigenvalue weighted by molar-refractivity contribution is 7.17. The van der Waals surface area contributed by atoms with Crippen LogP contribution in [0.15, 0.2) is 0 Å². The Labute approximate surface area is 141 Å². The topological polar surface area (TPSA) is 0 Å². The third-order valence-corrected chi connectivity index (χ3v) is 8.28. The van der Waals surface area contributed by atoms with Crippen molar-refractivity contribution in [3.05, 3.63) is 0 Å². The molecular weight excluding hydrogens is 283 g/mol. The van der Waals surface area contributed by atoms with Crippen LogP contribution in [0.3, 0.4) is 0 Å². The first-order valence-corrected chi connectivity index (χ1v) is 11.0. The van der Waals surface area contributed by atoms with E-state index in [0.717, 1.165) is 41.2 Å². The lowest BCUT2D eigenvalue weighted by atomic mass is 9.67. The first kappa shape index (κ1) is 17.3. The summed E-state index contributed by atoms with van der Waals surface area (Å²) in [5.74, 6) is 6.27. The van der Waals surface area contributed by atoms with Gasteiger partial charge in [-0.2, -0.15) is 0 Å². The second kappa shape index (κ2) is 8.00. The summed E-state index contributed by atoms with van der Waals surface area (Å²) in [5, 5.41) is 0. The average Bonchev–Trinajstić information content (AvgIpc) is 2.51. The van der Waals surface area contributed by atoms with Gasteiger partial charge in [-0.25, -0.2) is 0 Å². The van der Waals surface area contributed by atoms with Crippen molar-refractivity contribution < 1.29 is 0 Å². The fourth-order valence-electron chi connectivity index (χ4n) is 5.92. The fraction of sp³-hybridized carbons (Fsp3) is 1.00. The van der Waals surface area contributed by atoms with E-state index in [0.29, 0.717) is 0 Å². The molecule has 0 N–H and O–H groups in total. The minimum atomic E-state index is 0.921. The molecule has 0 bridgehead atoms. The van der Waals surface area contributed by atoms with Gasteiger partial charge in [0.05, 0.1) is 0 Å². The highest BCUT2D eigenvalue weighted by Gasteiger charge is 2.34. The molecule has 3 fully saturated rings. The van der Waals surface area contributed by atoms with Crippen LogP contribution in [0.2, 0.25) is 0 Å². The molecule has 0 aliphatic heterocycles. The molecule has 1 heteroatoms. The first-order chi connectivity index (χ1) is 10.6. The molecule has 0 nitrogen and oxygen atoms in total. The van der Waals surface area contributed by atoms with Gasteiger partial charge in [-0.05, 0) is 73.3 Å². The van der Waals surface area contributed by atoms with E-state index in [9.17, 15) is 0 Å². The molecule has 4 atom stereocenters. The van der Waals surface area contributed by atoms with E-state index < -0.39 is 0 Å². The lowest BCUT2D eigenvalue weighted by molar-refractivity contribution is 0.138. The Morgan fingerprint density at radius 2 is 1.23 bits per heavy atom. The van der Waals surface area contributed by atoms with Gasteiger partial charge in [-0.15, -0.1) is 9.24 Å². The fourth-order valence-corrected chi connectivity index (χ4v) is 6.89. The molecule has 0 heterocycles. The lowest BCUT2D eigenvalue weighted by Gasteiger charge is -2.41. The van der Waals surface area contributed by atoms with Gasteiger partial charge in [-0.3, -0.25) is 0 Å². The van der Waals surface area contributed by atoms with Crippen molar-refractivity contribution in [2.75, 3.05) is 0 Å². The van der Waals surface area contributed by atoms with Gasteiger partial charge >= 0.3 is 0 Å². The van der Waals surface area contributed by atoms with Crippen molar-refractivity contribution in [3.8, 4) is 0 Å². The van der Waals surface area contributed by atoms with Crippen molar-refractivity contribution in [1.29, 1.82) is 0 Å². The molecule has 0 aromatic rings. The van der Waals surface area contributed by atoms with E-state index in [1.165, 1.54) is 44.9 Å². The van der Waals surface area contributed by atoms with Crippen LogP contribution in [0.25, 0.3) is 0 Å². The second-order valence-corrected chi connectivity index (χ2v) is 10.2. The smallest absolute Gasteiger partial charge is 0.0231 e. The Kier molecular flexibility index (Phi) is 6.28. The van der Waals surface area contributed by atoms with Gasteiger partial charge in [0.2, 0.25) is 0 Å². The third-order valence-electron chi connectivity index (χ3n) is 7.52. The average molecular weight is 323 g/mol.